The molecule has 1 saturated carbocycles. The molecule has 4 nitrogen and oxygen atoms in total. The van der Waals surface area contributed by atoms with Gasteiger partial charge in [0.2, 0.25) is 0 Å². The van der Waals surface area contributed by atoms with Gasteiger partial charge in [-0.05, 0) is 56.4 Å². The molecule has 1 aliphatic carbocycles. The molecule has 0 aromatic heterocycles. The fourth-order valence-corrected chi connectivity index (χ4v) is 5.04. The fraction of sp³-hybridized carbons (Fsp3) is 0.632. The third-order valence-corrected chi connectivity index (χ3v) is 6.86. The molecule has 7 heteroatoms. The molecule has 1 aromatic carbocycles. The largest absolute Gasteiger partial charge is 0.357 e. The topological polar surface area (TPSA) is 53.5 Å². The lowest BCUT2D eigenvalue weighted by Gasteiger charge is -2.30. The van der Waals surface area contributed by atoms with Crippen molar-refractivity contribution in [1.29, 1.82) is 0 Å². The van der Waals surface area contributed by atoms with Gasteiger partial charge in [0.05, 0.1) is 0 Å². The lowest BCUT2D eigenvalue weighted by Crippen LogP contribution is -2.46. The van der Waals surface area contributed by atoms with E-state index >= 15 is 0 Å². The maximum absolute atomic E-state index is 13.8. The Morgan fingerprint density at radius 3 is 2.92 bits per heavy atom. The van der Waals surface area contributed by atoms with Crippen LogP contribution in [-0.4, -0.2) is 40.3 Å². The van der Waals surface area contributed by atoms with Crippen molar-refractivity contribution in [1.82, 2.24) is 10.6 Å². The van der Waals surface area contributed by atoms with E-state index in [0.717, 1.165) is 48.4 Å². The predicted octanol–water partition coefficient (Wildman–Crippen LogP) is 3.77. The molecule has 0 heterocycles. The molecule has 2 N–H and O–H groups in total. The minimum absolute atomic E-state index is 0.196. The highest BCUT2D eigenvalue weighted by Gasteiger charge is 2.26. The molecule has 0 aliphatic heterocycles. The maximum Gasteiger partial charge on any atom is 0.191 e. The van der Waals surface area contributed by atoms with Crippen molar-refractivity contribution in [2.24, 2.45) is 4.99 Å². The van der Waals surface area contributed by atoms with E-state index in [0.29, 0.717) is 24.6 Å². The number of halogens is 2. The Labute approximate surface area is 167 Å². The predicted molar refractivity (Wildman–Crippen MR) is 112 cm³/mol. The maximum atomic E-state index is 13.8. The fourth-order valence-electron chi connectivity index (χ4n) is 3.29. The SMILES string of the molecule is CCNC(=NCCc1cc(Br)ccc1F)NC1CCCC(S(=O)CC)C1. The molecule has 0 radical (unpaired) electrons. The third-order valence-electron chi connectivity index (χ3n) is 4.63. The summed E-state index contributed by atoms with van der Waals surface area (Å²) in [5, 5.41) is 7.02. The van der Waals surface area contributed by atoms with Crippen LogP contribution in [0.1, 0.15) is 45.1 Å². The Balaban J connectivity index is 1.93. The summed E-state index contributed by atoms with van der Waals surface area (Å²) in [6.45, 7) is 5.30. The highest BCUT2D eigenvalue weighted by Crippen LogP contribution is 2.23. The van der Waals surface area contributed by atoms with Crippen LogP contribution < -0.4 is 10.6 Å². The second kappa shape index (κ2) is 11.0. The summed E-state index contributed by atoms with van der Waals surface area (Å²) < 4.78 is 26.8. The number of hydrogen-bond donors (Lipinski definition) is 2. The molecular formula is C19H29BrFN3OS. The van der Waals surface area contributed by atoms with E-state index in [1.807, 2.05) is 13.8 Å². The van der Waals surface area contributed by atoms with E-state index in [1.54, 1.807) is 12.1 Å². The van der Waals surface area contributed by atoms with Crippen molar-refractivity contribution >= 4 is 32.7 Å². The Kier molecular flexibility index (Phi) is 9.05. The highest BCUT2D eigenvalue weighted by molar-refractivity contribution is 9.10. The van der Waals surface area contributed by atoms with Gasteiger partial charge in [-0.25, -0.2) is 4.39 Å². The van der Waals surface area contributed by atoms with E-state index in [-0.39, 0.29) is 11.1 Å². The zero-order chi connectivity index (χ0) is 18.9. The van der Waals surface area contributed by atoms with E-state index in [9.17, 15) is 8.60 Å². The average Bonchev–Trinajstić information content (AvgIpc) is 2.64. The van der Waals surface area contributed by atoms with Gasteiger partial charge in [-0.3, -0.25) is 9.20 Å². The molecule has 0 saturated heterocycles. The van der Waals surface area contributed by atoms with Crippen LogP contribution in [0.5, 0.6) is 0 Å². The average molecular weight is 446 g/mol. The first-order chi connectivity index (χ1) is 12.5. The van der Waals surface area contributed by atoms with Gasteiger partial charge in [0, 0.05) is 45.4 Å². The number of aliphatic imine (C=N–C) groups is 1. The lowest BCUT2D eigenvalue weighted by atomic mass is 9.95. The Morgan fingerprint density at radius 2 is 2.19 bits per heavy atom. The summed E-state index contributed by atoms with van der Waals surface area (Å²) in [4.78, 5) is 4.60. The standard InChI is InChI=1S/C19H29BrFN3OS/c1-3-22-19(23-11-10-14-12-15(20)8-9-18(14)21)24-16-6-5-7-17(13-16)26(25)4-2/h8-9,12,16-17H,3-7,10-11,13H2,1-2H3,(H2,22,23,24). The van der Waals surface area contributed by atoms with E-state index in [2.05, 4.69) is 31.6 Å². The summed E-state index contributed by atoms with van der Waals surface area (Å²) in [6, 6.07) is 5.28. The Hall–Kier alpha value is -0.950. The molecular weight excluding hydrogens is 417 g/mol. The molecule has 26 heavy (non-hydrogen) atoms. The summed E-state index contributed by atoms with van der Waals surface area (Å²) in [5.74, 6) is 1.29. The molecule has 3 unspecified atom stereocenters. The molecule has 0 amide bonds. The molecule has 146 valence electrons. The first-order valence-electron chi connectivity index (χ1n) is 9.39. The van der Waals surface area contributed by atoms with Crippen LogP contribution in [-0.2, 0) is 17.2 Å². The second-order valence-electron chi connectivity index (χ2n) is 6.55. The van der Waals surface area contributed by atoms with Crippen LogP contribution in [0.15, 0.2) is 27.7 Å². The minimum atomic E-state index is -0.734. The number of benzene rings is 1. The van der Waals surface area contributed by atoms with E-state index < -0.39 is 10.8 Å². The zero-order valence-electron chi connectivity index (χ0n) is 15.6. The monoisotopic (exact) mass is 445 g/mol. The molecule has 1 aliphatic rings. The number of hydrogen-bond acceptors (Lipinski definition) is 2. The second-order valence-corrected chi connectivity index (χ2v) is 9.47. The highest BCUT2D eigenvalue weighted by atomic mass is 79.9. The van der Waals surface area contributed by atoms with Crippen LogP contribution >= 0.6 is 15.9 Å². The van der Waals surface area contributed by atoms with Crippen LogP contribution in [0.2, 0.25) is 0 Å². The van der Waals surface area contributed by atoms with Gasteiger partial charge in [-0.1, -0.05) is 29.3 Å². The van der Waals surface area contributed by atoms with E-state index in [4.69, 9.17) is 0 Å². The zero-order valence-corrected chi connectivity index (χ0v) is 18.0. The molecule has 1 fully saturated rings. The van der Waals surface area contributed by atoms with Crippen LogP contribution in [0, 0.1) is 5.82 Å². The Bertz CT molecular complexity index is 641. The van der Waals surface area contributed by atoms with Crippen LogP contribution in [0.3, 0.4) is 0 Å². The van der Waals surface area contributed by atoms with Crippen LogP contribution in [0.4, 0.5) is 4.39 Å². The number of rotatable bonds is 7. The van der Waals surface area contributed by atoms with Crippen molar-refractivity contribution in [3.8, 4) is 0 Å². The third kappa shape index (κ3) is 6.65. The van der Waals surface area contributed by atoms with Gasteiger partial charge >= 0.3 is 0 Å². The van der Waals surface area contributed by atoms with Crippen molar-refractivity contribution in [2.45, 2.75) is 57.2 Å². The van der Waals surface area contributed by atoms with Gasteiger partial charge in [-0.2, -0.15) is 0 Å². The number of nitrogens with zero attached hydrogens (tertiary/aromatic N) is 1. The first kappa shape index (κ1) is 21.4. The van der Waals surface area contributed by atoms with Crippen molar-refractivity contribution in [2.75, 3.05) is 18.8 Å². The minimum Gasteiger partial charge on any atom is -0.357 e. The summed E-state index contributed by atoms with van der Waals surface area (Å²) >= 11 is 3.38. The van der Waals surface area contributed by atoms with Crippen molar-refractivity contribution in [3.05, 3.63) is 34.1 Å². The summed E-state index contributed by atoms with van der Waals surface area (Å²) in [6.07, 6.45) is 4.69. The smallest absolute Gasteiger partial charge is 0.191 e. The summed E-state index contributed by atoms with van der Waals surface area (Å²) in [5.41, 5.74) is 0.662. The molecule has 0 spiro atoms. The number of nitrogens with one attached hydrogen (secondary N) is 2. The van der Waals surface area contributed by atoms with Gasteiger partial charge < -0.3 is 10.6 Å². The number of guanidine groups is 1. The summed E-state index contributed by atoms with van der Waals surface area (Å²) in [7, 11) is -0.734. The van der Waals surface area contributed by atoms with E-state index in [1.165, 1.54) is 6.07 Å². The van der Waals surface area contributed by atoms with Gasteiger partial charge in [0.15, 0.2) is 5.96 Å². The first-order valence-corrected chi connectivity index (χ1v) is 11.6. The molecule has 1 aromatic rings. The van der Waals surface area contributed by atoms with Crippen molar-refractivity contribution < 1.29 is 8.60 Å². The van der Waals surface area contributed by atoms with Crippen LogP contribution in [0.25, 0.3) is 0 Å². The molecule has 0 bridgehead atoms. The molecule has 3 atom stereocenters. The van der Waals surface area contributed by atoms with Crippen molar-refractivity contribution in [3.63, 3.8) is 0 Å². The van der Waals surface area contributed by atoms with Gasteiger partial charge in [-0.15, -0.1) is 0 Å². The van der Waals surface area contributed by atoms with Gasteiger partial charge in [0.1, 0.15) is 5.82 Å². The quantitative estimate of drug-likeness (QED) is 0.495. The van der Waals surface area contributed by atoms with Gasteiger partial charge in [0.25, 0.3) is 0 Å². The lowest BCUT2D eigenvalue weighted by molar-refractivity contribution is 0.413. The normalized spacial score (nSPS) is 22.1. The Morgan fingerprint density at radius 1 is 1.38 bits per heavy atom. The molecule has 2 rings (SSSR count).